The lowest BCUT2D eigenvalue weighted by atomic mass is 9.94. The number of hydrogen-bond acceptors (Lipinski definition) is 3. The molecule has 0 spiro atoms. The van der Waals surface area contributed by atoms with Gasteiger partial charge in [0.1, 0.15) is 6.54 Å². The van der Waals surface area contributed by atoms with Gasteiger partial charge in [0.15, 0.2) is 12.4 Å². The molecule has 1 saturated carbocycles. The lowest BCUT2D eigenvalue weighted by Crippen LogP contribution is -3.14. The summed E-state index contributed by atoms with van der Waals surface area (Å²) in [5.41, 5.74) is 5.60. The van der Waals surface area contributed by atoms with E-state index in [9.17, 15) is 5.11 Å². The Hall–Kier alpha value is -3.26. The summed E-state index contributed by atoms with van der Waals surface area (Å²) in [5, 5.41) is 24.9. The number of aromatic nitrogens is 1. The number of halogens is 1. The minimum atomic E-state index is 0.110. The van der Waals surface area contributed by atoms with Crippen LogP contribution in [0, 0.1) is 13.8 Å². The van der Waals surface area contributed by atoms with Crippen LogP contribution in [0.4, 0.5) is 11.4 Å². The summed E-state index contributed by atoms with van der Waals surface area (Å²) in [6, 6.07) is 22.9. The number of para-hydroxylation sites is 1. The molecule has 4 aromatic rings. The van der Waals surface area contributed by atoms with Gasteiger partial charge in [-0.25, -0.2) is 0 Å². The second-order valence-electron chi connectivity index (χ2n) is 10.5. The zero-order valence-corrected chi connectivity index (χ0v) is 24.0. The zero-order chi connectivity index (χ0) is 27.4. The average Bonchev–Trinajstić information content (AvgIpc) is 3.21. The van der Waals surface area contributed by atoms with Crippen molar-refractivity contribution in [3.63, 3.8) is 0 Å². The molecule has 0 aliphatic heterocycles. The van der Waals surface area contributed by atoms with Gasteiger partial charge in [-0.05, 0) is 75.5 Å². The molecule has 39 heavy (non-hydrogen) atoms. The van der Waals surface area contributed by atoms with Gasteiger partial charge in [-0.15, -0.1) is 10.2 Å². The van der Waals surface area contributed by atoms with Crippen molar-refractivity contribution >= 4 is 51.2 Å². The number of thiocarbonyl (C=S) groups is 1. The summed E-state index contributed by atoms with van der Waals surface area (Å²) < 4.78 is 1.99. The van der Waals surface area contributed by atoms with E-state index in [-0.39, 0.29) is 11.0 Å². The molecule has 0 saturated heterocycles. The normalized spacial score (nSPS) is 15.2. The molecule has 1 atom stereocenters. The number of rotatable bonds is 7. The quantitative estimate of drug-likeness (QED) is 0.162. The zero-order valence-electron chi connectivity index (χ0n) is 22.5. The molecule has 0 bridgehead atoms. The average molecular weight is 561 g/mol. The predicted octanol–water partition coefficient (Wildman–Crippen LogP) is 7.47. The molecular formula is C31H35ClN5OS+. The molecule has 3 N–H and O–H groups in total. The Bertz CT molecular complexity index is 1490. The fraction of sp³-hybridized carbons (Fsp3) is 0.323. The Morgan fingerprint density at radius 2 is 1.77 bits per heavy atom. The number of nitrogens with one attached hydrogen (secondary N) is 2. The maximum absolute atomic E-state index is 11.5. The fourth-order valence-corrected chi connectivity index (χ4v) is 5.85. The van der Waals surface area contributed by atoms with Crippen LogP contribution in [0.1, 0.15) is 48.8 Å². The predicted molar refractivity (Wildman–Crippen MR) is 163 cm³/mol. The molecule has 0 radical (unpaired) electrons. The first kappa shape index (κ1) is 27.3. The van der Waals surface area contributed by atoms with Crippen LogP contribution in [0.25, 0.3) is 10.9 Å². The van der Waals surface area contributed by atoms with E-state index >= 15 is 0 Å². The Labute approximate surface area is 240 Å². The van der Waals surface area contributed by atoms with E-state index in [2.05, 4.69) is 46.7 Å². The Balaban J connectivity index is 1.44. The molecule has 1 heterocycles. The van der Waals surface area contributed by atoms with Gasteiger partial charge in [-0.2, -0.15) is 0 Å². The maximum atomic E-state index is 11.5. The number of aromatic hydroxyl groups is 1. The van der Waals surface area contributed by atoms with Crippen LogP contribution >= 0.6 is 23.8 Å². The second-order valence-corrected chi connectivity index (χ2v) is 11.3. The molecule has 3 aromatic carbocycles. The minimum Gasteiger partial charge on any atom is -0.493 e. The standard InChI is InChI=1S/C31H34ClN5OS/c1-21-15-17-23(18-16-21)19-36(24-9-4-3-5-10-24)20-37-28-14-7-6-11-25(28)29(30(37)38)34-35-31(39)33-27-13-8-12-26(32)22(27)2/h6-8,11-18,24,38H,3-5,9-10,19-20H2,1-2H3,(H,33,39)/p+1. The van der Waals surface area contributed by atoms with Crippen LogP contribution in [0.5, 0.6) is 5.88 Å². The Morgan fingerprint density at radius 3 is 2.54 bits per heavy atom. The molecule has 202 valence electrons. The van der Waals surface area contributed by atoms with Crippen molar-refractivity contribution in [3.8, 4) is 5.88 Å². The molecule has 5 rings (SSSR count). The summed E-state index contributed by atoms with van der Waals surface area (Å²) in [6.45, 7) is 5.58. The van der Waals surface area contributed by atoms with E-state index in [1.807, 2.05) is 54.0 Å². The van der Waals surface area contributed by atoms with Crippen molar-refractivity contribution in [1.82, 2.24) is 4.57 Å². The summed E-state index contributed by atoms with van der Waals surface area (Å²) in [6.07, 6.45) is 6.24. The summed E-state index contributed by atoms with van der Waals surface area (Å²) >= 11 is 11.7. The highest BCUT2D eigenvalue weighted by Crippen LogP contribution is 2.38. The van der Waals surface area contributed by atoms with Crippen LogP contribution in [-0.2, 0) is 13.2 Å². The van der Waals surface area contributed by atoms with Crippen molar-refractivity contribution in [2.45, 2.75) is 65.2 Å². The smallest absolute Gasteiger partial charge is 0.225 e. The summed E-state index contributed by atoms with van der Waals surface area (Å²) in [4.78, 5) is 1.45. The highest BCUT2D eigenvalue weighted by atomic mass is 35.5. The number of nitrogens with zero attached hydrogens (tertiary/aromatic N) is 3. The molecule has 1 fully saturated rings. The number of hydrogen-bond donors (Lipinski definition) is 3. The fourth-order valence-electron chi connectivity index (χ4n) is 5.52. The van der Waals surface area contributed by atoms with Crippen LogP contribution in [-0.4, -0.2) is 20.8 Å². The van der Waals surface area contributed by atoms with E-state index in [0.29, 0.717) is 23.4 Å². The first-order chi connectivity index (χ1) is 18.9. The first-order valence-electron chi connectivity index (χ1n) is 13.6. The molecule has 1 unspecified atom stereocenters. The monoisotopic (exact) mass is 560 g/mol. The van der Waals surface area contributed by atoms with Crippen LogP contribution in [0.15, 0.2) is 77.0 Å². The lowest BCUT2D eigenvalue weighted by molar-refractivity contribution is -0.961. The first-order valence-corrected chi connectivity index (χ1v) is 14.4. The number of benzene rings is 3. The van der Waals surface area contributed by atoms with Gasteiger partial charge in [0, 0.05) is 21.7 Å². The van der Waals surface area contributed by atoms with Crippen molar-refractivity contribution in [3.05, 3.63) is 88.4 Å². The van der Waals surface area contributed by atoms with Crippen molar-refractivity contribution in [2.24, 2.45) is 10.2 Å². The van der Waals surface area contributed by atoms with Crippen LogP contribution < -0.4 is 10.2 Å². The van der Waals surface area contributed by atoms with Crippen molar-refractivity contribution in [2.75, 3.05) is 5.32 Å². The molecule has 1 aliphatic carbocycles. The van der Waals surface area contributed by atoms with Gasteiger partial charge in [0.25, 0.3) is 0 Å². The summed E-state index contributed by atoms with van der Waals surface area (Å²) in [7, 11) is 0. The second kappa shape index (κ2) is 12.3. The molecule has 8 heteroatoms. The van der Waals surface area contributed by atoms with Crippen molar-refractivity contribution < 1.29 is 10.0 Å². The molecule has 0 amide bonds. The van der Waals surface area contributed by atoms with Gasteiger partial charge in [-0.1, -0.05) is 72.1 Å². The molecular weight excluding hydrogens is 526 g/mol. The van der Waals surface area contributed by atoms with E-state index in [1.54, 1.807) is 0 Å². The summed E-state index contributed by atoms with van der Waals surface area (Å²) in [5.74, 6) is 0.110. The minimum absolute atomic E-state index is 0.110. The molecule has 1 aliphatic rings. The third kappa shape index (κ3) is 6.32. The Morgan fingerprint density at radius 1 is 1.03 bits per heavy atom. The largest absolute Gasteiger partial charge is 0.493 e. The third-order valence-electron chi connectivity index (χ3n) is 7.76. The lowest BCUT2D eigenvalue weighted by Gasteiger charge is -2.32. The van der Waals surface area contributed by atoms with E-state index in [0.717, 1.165) is 28.7 Å². The highest BCUT2D eigenvalue weighted by molar-refractivity contribution is 7.80. The number of anilines is 1. The number of azo groups is 1. The van der Waals surface area contributed by atoms with Gasteiger partial charge in [0.2, 0.25) is 11.0 Å². The number of aryl methyl sites for hydroxylation is 1. The van der Waals surface area contributed by atoms with E-state index in [1.165, 1.54) is 48.1 Å². The molecule has 1 aromatic heterocycles. The SMILES string of the molecule is Cc1ccc(C[NH+](Cn2c(O)c(N=NC(=S)Nc3cccc(Cl)c3C)c3ccccc32)C2CCCCC2)cc1. The number of fused-ring (bicyclic) bond motifs is 1. The van der Waals surface area contributed by atoms with Crippen LogP contribution in [0.3, 0.4) is 0 Å². The van der Waals surface area contributed by atoms with Gasteiger partial charge < -0.3 is 15.3 Å². The van der Waals surface area contributed by atoms with Gasteiger partial charge in [-0.3, -0.25) is 4.57 Å². The highest BCUT2D eigenvalue weighted by Gasteiger charge is 2.28. The van der Waals surface area contributed by atoms with Crippen molar-refractivity contribution in [1.29, 1.82) is 0 Å². The van der Waals surface area contributed by atoms with Crippen LogP contribution in [0.2, 0.25) is 5.02 Å². The Kier molecular flexibility index (Phi) is 8.60. The number of quaternary nitrogens is 1. The van der Waals surface area contributed by atoms with Gasteiger partial charge >= 0.3 is 0 Å². The maximum Gasteiger partial charge on any atom is 0.225 e. The van der Waals surface area contributed by atoms with Gasteiger partial charge in [0.05, 0.1) is 11.6 Å². The van der Waals surface area contributed by atoms with E-state index < -0.39 is 0 Å². The molecule has 6 nitrogen and oxygen atoms in total. The topological polar surface area (TPSA) is 66.3 Å². The third-order valence-corrected chi connectivity index (χ3v) is 8.36. The van der Waals surface area contributed by atoms with E-state index in [4.69, 9.17) is 23.8 Å².